The first kappa shape index (κ1) is 11.0. The zero-order valence-electron chi connectivity index (χ0n) is 9.33. The number of methoxy groups -OCH3 is 1. The largest absolute Gasteiger partial charge is 0.496 e. The van der Waals surface area contributed by atoms with Crippen molar-refractivity contribution in [3.8, 4) is 16.9 Å². The third kappa shape index (κ3) is 2.05. The van der Waals surface area contributed by atoms with Crippen LogP contribution in [0.1, 0.15) is 5.56 Å². The maximum atomic E-state index is 5.95. The van der Waals surface area contributed by atoms with E-state index in [4.69, 9.17) is 16.3 Å². The Balaban J connectivity index is 2.58. The van der Waals surface area contributed by atoms with Gasteiger partial charge in [0.1, 0.15) is 5.75 Å². The molecule has 0 heterocycles. The average molecular weight is 233 g/mol. The first-order chi connectivity index (χ1) is 7.72. The molecule has 16 heavy (non-hydrogen) atoms. The molecule has 0 saturated carbocycles. The molecule has 0 atom stereocenters. The van der Waals surface area contributed by atoms with Gasteiger partial charge in [0, 0.05) is 10.6 Å². The predicted octanol–water partition coefficient (Wildman–Crippen LogP) is 4.32. The SMILES string of the molecule is COc1ccccc1-c1ccc(Cl)cc1C. The van der Waals surface area contributed by atoms with Gasteiger partial charge in [-0.3, -0.25) is 0 Å². The van der Waals surface area contributed by atoms with Crippen molar-refractivity contribution in [3.63, 3.8) is 0 Å². The van der Waals surface area contributed by atoms with Crippen LogP contribution in [0.15, 0.2) is 42.5 Å². The maximum absolute atomic E-state index is 5.95. The van der Waals surface area contributed by atoms with Gasteiger partial charge in [-0.1, -0.05) is 35.9 Å². The summed E-state index contributed by atoms with van der Waals surface area (Å²) in [5.74, 6) is 0.882. The van der Waals surface area contributed by atoms with E-state index < -0.39 is 0 Å². The average Bonchev–Trinajstić information content (AvgIpc) is 2.29. The van der Waals surface area contributed by atoms with Crippen molar-refractivity contribution < 1.29 is 4.74 Å². The van der Waals surface area contributed by atoms with E-state index in [0.717, 1.165) is 27.5 Å². The summed E-state index contributed by atoms with van der Waals surface area (Å²) in [6.07, 6.45) is 0. The van der Waals surface area contributed by atoms with Crippen LogP contribution in [0.3, 0.4) is 0 Å². The first-order valence-electron chi connectivity index (χ1n) is 5.12. The number of halogens is 1. The number of hydrogen-bond acceptors (Lipinski definition) is 1. The molecular formula is C14H13ClO. The summed E-state index contributed by atoms with van der Waals surface area (Å²) in [6.45, 7) is 2.05. The van der Waals surface area contributed by atoms with E-state index in [9.17, 15) is 0 Å². The van der Waals surface area contributed by atoms with Crippen LogP contribution in [-0.2, 0) is 0 Å². The van der Waals surface area contributed by atoms with Crippen molar-refractivity contribution in [2.45, 2.75) is 6.92 Å². The van der Waals surface area contributed by atoms with Gasteiger partial charge in [-0.2, -0.15) is 0 Å². The molecular weight excluding hydrogens is 220 g/mol. The Hall–Kier alpha value is -1.47. The van der Waals surface area contributed by atoms with Gasteiger partial charge in [-0.25, -0.2) is 0 Å². The van der Waals surface area contributed by atoms with Gasteiger partial charge < -0.3 is 4.74 Å². The fourth-order valence-electron chi connectivity index (χ4n) is 1.80. The second kappa shape index (κ2) is 4.58. The zero-order chi connectivity index (χ0) is 11.5. The Morgan fingerprint density at radius 2 is 1.75 bits per heavy atom. The molecule has 0 amide bonds. The van der Waals surface area contributed by atoms with Crippen LogP contribution in [0, 0.1) is 6.92 Å². The van der Waals surface area contributed by atoms with Crippen LogP contribution in [0.4, 0.5) is 0 Å². The Bertz CT molecular complexity index is 506. The van der Waals surface area contributed by atoms with Crippen LogP contribution in [-0.4, -0.2) is 7.11 Å². The number of ether oxygens (including phenoxy) is 1. The standard InChI is InChI=1S/C14H13ClO/c1-10-9-11(15)7-8-12(10)13-5-3-4-6-14(13)16-2/h3-9H,1-2H3. The molecule has 0 spiro atoms. The third-order valence-corrected chi connectivity index (χ3v) is 2.82. The van der Waals surface area contributed by atoms with E-state index in [0.29, 0.717) is 0 Å². The fourth-order valence-corrected chi connectivity index (χ4v) is 2.02. The number of para-hydroxylation sites is 1. The highest BCUT2D eigenvalue weighted by atomic mass is 35.5. The van der Waals surface area contributed by atoms with Gasteiger partial charge in [0.05, 0.1) is 7.11 Å². The maximum Gasteiger partial charge on any atom is 0.126 e. The molecule has 0 aliphatic carbocycles. The topological polar surface area (TPSA) is 9.23 Å². The van der Waals surface area contributed by atoms with Gasteiger partial charge in [-0.15, -0.1) is 0 Å². The predicted molar refractivity (Wildman–Crippen MR) is 68.2 cm³/mol. The van der Waals surface area contributed by atoms with Gasteiger partial charge in [0.25, 0.3) is 0 Å². The lowest BCUT2D eigenvalue weighted by Crippen LogP contribution is -1.89. The number of rotatable bonds is 2. The number of benzene rings is 2. The highest BCUT2D eigenvalue weighted by Gasteiger charge is 2.07. The Morgan fingerprint density at radius 3 is 2.44 bits per heavy atom. The molecule has 0 saturated heterocycles. The van der Waals surface area contributed by atoms with Crippen molar-refractivity contribution in [1.82, 2.24) is 0 Å². The lowest BCUT2D eigenvalue weighted by Gasteiger charge is -2.10. The summed E-state index contributed by atoms with van der Waals surface area (Å²) in [6, 6.07) is 13.9. The summed E-state index contributed by atoms with van der Waals surface area (Å²) < 4.78 is 5.35. The lowest BCUT2D eigenvalue weighted by atomic mass is 10.00. The van der Waals surface area contributed by atoms with Crippen molar-refractivity contribution in [3.05, 3.63) is 53.1 Å². The number of aryl methyl sites for hydroxylation is 1. The minimum Gasteiger partial charge on any atom is -0.496 e. The van der Waals surface area contributed by atoms with E-state index in [2.05, 4.69) is 6.07 Å². The molecule has 0 bridgehead atoms. The van der Waals surface area contributed by atoms with Gasteiger partial charge in [0.2, 0.25) is 0 Å². The Kier molecular flexibility index (Phi) is 3.16. The molecule has 2 aromatic carbocycles. The van der Waals surface area contributed by atoms with E-state index >= 15 is 0 Å². The van der Waals surface area contributed by atoms with Crippen molar-refractivity contribution >= 4 is 11.6 Å². The molecule has 0 N–H and O–H groups in total. The van der Waals surface area contributed by atoms with Crippen LogP contribution >= 0.6 is 11.6 Å². The molecule has 82 valence electrons. The first-order valence-corrected chi connectivity index (χ1v) is 5.49. The summed E-state index contributed by atoms with van der Waals surface area (Å²) in [5, 5.41) is 0.760. The van der Waals surface area contributed by atoms with E-state index in [1.54, 1.807) is 7.11 Å². The van der Waals surface area contributed by atoms with Crippen LogP contribution in [0.2, 0.25) is 5.02 Å². The van der Waals surface area contributed by atoms with E-state index in [1.165, 1.54) is 0 Å². The molecule has 0 radical (unpaired) electrons. The summed E-state index contributed by atoms with van der Waals surface area (Å²) >= 11 is 5.95. The highest BCUT2D eigenvalue weighted by molar-refractivity contribution is 6.30. The second-order valence-electron chi connectivity index (χ2n) is 3.66. The van der Waals surface area contributed by atoms with Crippen molar-refractivity contribution in [2.75, 3.05) is 7.11 Å². The third-order valence-electron chi connectivity index (χ3n) is 2.59. The van der Waals surface area contributed by atoms with Crippen molar-refractivity contribution in [1.29, 1.82) is 0 Å². The number of hydrogen-bond donors (Lipinski definition) is 0. The smallest absolute Gasteiger partial charge is 0.126 e. The Labute approximate surface area is 101 Å². The van der Waals surface area contributed by atoms with Crippen LogP contribution in [0.5, 0.6) is 5.75 Å². The summed E-state index contributed by atoms with van der Waals surface area (Å²) in [5.41, 5.74) is 3.40. The molecule has 0 aliphatic heterocycles. The van der Waals surface area contributed by atoms with Crippen molar-refractivity contribution in [2.24, 2.45) is 0 Å². The molecule has 0 aromatic heterocycles. The quantitative estimate of drug-likeness (QED) is 0.749. The summed E-state index contributed by atoms with van der Waals surface area (Å²) in [4.78, 5) is 0. The molecule has 0 aliphatic rings. The van der Waals surface area contributed by atoms with Gasteiger partial charge in [-0.05, 0) is 36.2 Å². The zero-order valence-corrected chi connectivity index (χ0v) is 10.1. The molecule has 0 unspecified atom stereocenters. The van der Waals surface area contributed by atoms with Gasteiger partial charge >= 0.3 is 0 Å². The highest BCUT2D eigenvalue weighted by Crippen LogP contribution is 2.32. The van der Waals surface area contributed by atoms with Crippen LogP contribution in [0.25, 0.3) is 11.1 Å². The van der Waals surface area contributed by atoms with E-state index in [-0.39, 0.29) is 0 Å². The van der Waals surface area contributed by atoms with Gasteiger partial charge in [0.15, 0.2) is 0 Å². The fraction of sp³-hybridized carbons (Fsp3) is 0.143. The molecule has 2 rings (SSSR count). The normalized spacial score (nSPS) is 10.2. The molecule has 2 aromatic rings. The molecule has 1 nitrogen and oxygen atoms in total. The minimum atomic E-state index is 0.760. The lowest BCUT2D eigenvalue weighted by molar-refractivity contribution is 0.416. The summed E-state index contributed by atoms with van der Waals surface area (Å²) in [7, 11) is 1.68. The Morgan fingerprint density at radius 1 is 1.00 bits per heavy atom. The molecule has 0 fully saturated rings. The van der Waals surface area contributed by atoms with E-state index in [1.807, 2.05) is 43.3 Å². The molecule has 2 heteroatoms. The van der Waals surface area contributed by atoms with Crippen LogP contribution < -0.4 is 4.74 Å². The minimum absolute atomic E-state index is 0.760. The monoisotopic (exact) mass is 232 g/mol. The second-order valence-corrected chi connectivity index (χ2v) is 4.10.